The molecule has 28 valence electrons. The molecule has 0 atom stereocenters. The standard InChI is InChI=1S/C2H2O3.Ca/c3-1-2(4)5;/h1H,(H,4,5);/q;+2/p-1. The SMILES string of the molecule is O=CC(=O)[O-].[Ca+2]. The second-order valence-corrected chi connectivity index (χ2v) is 0.437. The van der Waals surface area contributed by atoms with Crippen molar-refractivity contribution in [2.24, 2.45) is 0 Å². The van der Waals surface area contributed by atoms with E-state index >= 15 is 0 Å². The van der Waals surface area contributed by atoms with Gasteiger partial charge in [-0.25, -0.2) is 0 Å². The predicted molar refractivity (Wildman–Crippen MR) is 16.8 cm³/mol. The average Bonchev–Trinajstić information content (AvgIpc) is 1.38. The zero-order valence-corrected chi connectivity index (χ0v) is 5.22. The molecule has 0 aliphatic heterocycles. The molecule has 0 N–H and O–H groups in total. The number of rotatable bonds is 1. The van der Waals surface area contributed by atoms with Gasteiger partial charge in [-0.05, 0) is 0 Å². The van der Waals surface area contributed by atoms with Gasteiger partial charge in [0.15, 0.2) is 6.29 Å². The molecule has 6 heavy (non-hydrogen) atoms. The second kappa shape index (κ2) is 5.40. The number of aldehydes is 1. The maximum Gasteiger partial charge on any atom is 2.00 e. The van der Waals surface area contributed by atoms with E-state index in [9.17, 15) is 0 Å². The molecule has 0 aromatic rings. The molecule has 0 aliphatic rings. The Bertz CT molecular complexity index is 59.8. The van der Waals surface area contributed by atoms with E-state index in [4.69, 9.17) is 14.7 Å². The van der Waals surface area contributed by atoms with Crippen LogP contribution in [0.1, 0.15) is 0 Å². The smallest absolute Gasteiger partial charge is 0.542 e. The zero-order chi connectivity index (χ0) is 4.28. The number of carbonyl (C=O) groups is 2. The van der Waals surface area contributed by atoms with Crippen molar-refractivity contribution in [2.75, 3.05) is 0 Å². The summed E-state index contributed by atoms with van der Waals surface area (Å²) >= 11 is 0. The van der Waals surface area contributed by atoms with Crippen molar-refractivity contribution in [1.29, 1.82) is 0 Å². The fraction of sp³-hybridized carbons (Fsp3) is 0. The first kappa shape index (κ1) is 9.64. The first-order valence-corrected chi connectivity index (χ1v) is 0.933. The Kier molecular flexibility index (Phi) is 8.68. The Hall–Kier alpha value is 0.400. The number of hydrogen-bond acceptors (Lipinski definition) is 3. The fourth-order valence-corrected chi connectivity index (χ4v) is 0. The van der Waals surface area contributed by atoms with Gasteiger partial charge in [-0.15, -0.1) is 0 Å². The Morgan fingerprint density at radius 3 is 1.83 bits per heavy atom. The van der Waals surface area contributed by atoms with Crippen molar-refractivity contribution in [2.45, 2.75) is 0 Å². The van der Waals surface area contributed by atoms with Crippen LogP contribution in [0.5, 0.6) is 0 Å². The van der Waals surface area contributed by atoms with Crippen LogP contribution in [0.3, 0.4) is 0 Å². The number of carboxylic acids is 1. The van der Waals surface area contributed by atoms with Gasteiger partial charge in [0, 0.05) is 0 Å². The summed E-state index contributed by atoms with van der Waals surface area (Å²) in [4.78, 5) is 17.7. The van der Waals surface area contributed by atoms with Crippen molar-refractivity contribution < 1.29 is 14.7 Å². The minimum atomic E-state index is -1.68. The second-order valence-electron chi connectivity index (χ2n) is 0.437. The van der Waals surface area contributed by atoms with E-state index in [2.05, 4.69) is 0 Å². The van der Waals surface area contributed by atoms with E-state index in [1.807, 2.05) is 0 Å². The third kappa shape index (κ3) is 8.83. The summed E-state index contributed by atoms with van der Waals surface area (Å²) in [6.45, 7) is 0. The molecule has 3 nitrogen and oxygen atoms in total. The maximum atomic E-state index is 8.89. The Morgan fingerprint density at radius 2 is 1.83 bits per heavy atom. The summed E-state index contributed by atoms with van der Waals surface area (Å²) in [6.07, 6.45) is -0.278. The van der Waals surface area contributed by atoms with E-state index < -0.39 is 5.97 Å². The van der Waals surface area contributed by atoms with Crippen LogP contribution in [0, 0.1) is 0 Å². The number of aliphatic carboxylic acids is 1. The van der Waals surface area contributed by atoms with Crippen molar-refractivity contribution in [3.63, 3.8) is 0 Å². The normalized spacial score (nSPS) is 5.33. The third-order valence-electron chi connectivity index (χ3n) is 0.0962. The van der Waals surface area contributed by atoms with Gasteiger partial charge in [0.05, 0.1) is 0 Å². The average molecular weight is 113 g/mol. The van der Waals surface area contributed by atoms with Gasteiger partial charge in [0.1, 0.15) is 5.97 Å². The molecular formula is C2HCaO3+. The van der Waals surface area contributed by atoms with Crippen LogP contribution < -0.4 is 5.11 Å². The van der Waals surface area contributed by atoms with E-state index in [1.165, 1.54) is 0 Å². The van der Waals surface area contributed by atoms with Crippen molar-refractivity contribution in [3.05, 3.63) is 0 Å². The number of hydrogen-bond donors (Lipinski definition) is 0. The predicted octanol–water partition coefficient (Wildman–Crippen LogP) is -2.45. The fourth-order valence-electron chi connectivity index (χ4n) is 0. The molecule has 0 radical (unpaired) electrons. The molecule has 0 saturated carbocycles. The van der Waals surface area contributed by atoms with Gasteiger partial charge in [-0.2, -0.15) is 0 Å². The summed E-state index contributed by atoms with van der Waals surface area (Å²) in [6, 6.07) is 0. The summed E-state index contributed by atoms with van der Waals surface area (Å²) < 4.78 is 0. The number of carbonyl (C=O) groups excluding carboxylic acids is 2. The van der Waals surface area contributed by atoms with Crippen LogP contribution in [0.2, 0.25) is 0 Å². The molecule has 0 rings (SSSR count). The molecule has 4 heteroatoms. The van der Waals surface area contributed by atoms with E-state index in [0.29, 0.717) is 0 Å². The Labute approximate surface area is 64.3 Å². The summed E-state index contributed by atoms with van der Waals surface area (Å²) in [5.74, 6) is -1.68. The van der Waals surface area contributed by atoms with E-state index in [1.54, 1.807) is 0 Å². The monoisotopic (exact) mass is 113 g/mol. The van der Waals surface area contributed by atoms with Gasteiger partial charge in [0.2, 0.25) is 0 Å². The minimum absolute atomic E-state index is 0. The molecule has 0 amide bonds. The molecule has 0 aromatic heterocycles. The summed E-state index contributed by atoms with van der Waals surface area (Å²) in [5.41, 5.74) is 0. The van der Waals surface area contributed by atoms with Crippen LogP contribution >= 0.6 is 0 Å². The zero-order valence-electron chi connectivity index (χ0n) is 3.01. The van der Waals surface area contributed by atoms with Gasteiger partial charge in [-0.3, -0.25) is 4.79 Å². The molecule has 0 unspecified atom stereocenters. The minimum Gasteiger partial charge on any atom is -0.542 e. The third-order valence-corrected chi connectivity index (χ3v) is 0.0962. The van der Waals surface area contributed by atoms with Gasteiger partial charge < -0.3 is 9.90 Å². The molecule has 0 aliphatic carbocycles. The quantitative estimate of drug-likeness (QED) is 0.215. The first-order valence-electron chi connectivity index (χ1n) is 0.933. The molecular weight excluding hydrogens is 112 g/mol. The molecule has 0 fully saturated rings. The molecule has 0 saturated heterocycles. The van der Waals surface area contributed by atoms with Gasteiger partial charge in [-0.1, -0.05) is 0 Å². The summed E-state index contributed by atoms with van der Waals surface area (Å²) in [7, 11) is 0. The van der Waals surface area contributed by atoms with Crippen molar-refractivity contribution in [1.82, 2.24) is 0 Å². The van der Waals surface area contributed by atoms with Crippen LogP contribution in [0.25, 0.3) is 0 Å². The van der Waals surface area contributed by atoms with Crippen LogP contribution in [0.15, 0.2) is 0 Å². The maximum absolute atomic E-state index is 8.89. The molecule has 0 spiro atoms. The molecule has 0 aromatic carbocycles. The molecule has 0 bridgehead atoms. The van der Waals surface area contributed by atoms with Crippen molar-refractivity contribution in [3.8, 4) is 0 Å². The van der Waals surface area contributed by atoms with Gasteiger partial charge in [0.25, 0.3) is 0 Å². The van der Waals surface area contributed by atoms with E-state index in [-0.39, 0.29) is 44.0 Å². The topological polar surface area (TPSA) is 57.2 Å². The van der Waals surface area contributed by atoms with Gasteiger partial charge >= 0.3 is 37.7 Å². The Morgan fingerprint density at radius 1 is 1.67 bits per heavy atom. The van der Waals surface area contributed by atoms with Crippen LogP contribution in [-0.4, -0.2) is 50.0 Å². The van der Waals surface area contributed by atoms with Crippen LogP contribution in [0.4, 0.5) is 0 Å². The first-order chi connectivity index (χ1) is 2.27. The summed E-state index contributed by atoms with van der Waals surface area (Å²) in [5, 5.41) is 8.89. The van der Waals surface area contributed by atoms with Crippen LogP contribution in [-0.2, 0) is 9.59 Å². The van der Waals surface area contributed by atoms with Crippen molar-refractivity contribution >= 4 is 50.0 Å². The Balaban J connectivity index is 0. The van der Waals surface area contributed by atoms with E-state index in [0.717, 1.165) is 0 Å². The largest absolute Gasteiger partial charge is 2.00 e. The number of carboxylic acid groups (broad SMARTS) is 1. The molecule has 0 heterocycles.